The lowest BCUT2D eigenvalue weighted by Gasteiger charge is -2.41. The molecule has 0 unspecified atom stereocenters. The Morgan fingerprint density at radius 3 is 2.07 bits per heavy atom. The molecule has 0 radical (unpaired) electrons. The zero-order valence-corrected chi connectivity index (χ0v) is 18.3. The minimum absolute atomic E-state index is 0.0276. The molecular formula is C22H33NO3Si. The molecule has 4 nitrogen and oxygen atoms in total. The second-order valence-corrected chi connectivity index (χ2v) is 13.1. The number of aliphatic hydroxyl groups is 1. The average molecular weight is 388 g/mol. The summed E-state index contributed by atoms with van der Waals surface area (Å²) >= 11 is 0. The van der Waals surface area contributed by atoms with Gasteiger partial charge in [0, 0.05) is 5.69 Å². The molecule has 0 aliphatic carbocycles. The summed E-state index contributed by atoms with van der Waals surface area (Å²) in [5, 5.41) is 13.7. The largest absolute Gasteiger partial charge is 0.497 e. The van der Waals surface area contributed by atoms with Gasteiger partial charge in [-0.05, 0) is 48.0 Å². The monoisotopic (exact) mass is 387 g/mol. The SMILES string of the molecule is COc1ccc(N[C@H](CO)[C@H](O[Si](C)(C)C(C)(C)C)c2ccccc2)cc1. The zero-order valence-electron chi connectivity index (χ0n) is 17.3. The molecule has 0 spiro atoms. The molecule has 0 amide bonds. The fourth-order valence-electron chi connectivity index (χ4n) is 2.64. The summed E-state index contributed by atoms with van der Waals surface area (Å²) in [6.07, 6.45) is -0.237. The van der Waals surface area contributed by atoms with Crippen LogP contribution in [0.15, 0.2) is 54.6 Å². The summed E-state index contributed by atoms with van der Waals surface area (Å²) in [6.45, 7) is 11.1. The van der Waals surface area contributed by atoms with Crippen LogP contribution in [0.4, 0.5) is 5.69 Å². The van der Waals surface area contributed by atoms with E-state index in [0.717, 1.165) is 17.0 Å². The van der Waals surface area contributed by atoms with Crippen LogP contribution in [-0.2, 0) is 4.43 Å². The van der Waals surface area contributed by atoms with Gasteiger partial charge in [0.1, 0.15) is 5.75 Å². The number of benzene rings is 2. The van der Waals surface area contributed by atoms with Gasteiger partial charge in [-0.2, -0.15) is 0 Å². The van der Waals surface area contributed by atoms with Crippen LogP contribution in [0, 0.1) is 0 Å². The van der Waals surface area contributed by atoms with Crippen LogP contribution in [0.25, 0.3) is 0 Å². The Labute approximate surface area is 164 Å². The molecule has 148 valence electrons. The normalized spacial score (nSPS) is 14.5. The van der Waals surface area contributed by atoms with Crippen molar-refractivity contribution in [1.82, 2.24) is 0 Å². The number of anilines is 1. The van der Waals surface area contributed by atoms with Crippen molar-refractivity contribution >= 4 is 14.0 Å². The third-order valence-electron chi connectivity index (χ3n) is 5.36. The van der Waals surface area contributed by atoms with Crippen LogP contribution in [0.3, 0.4) is 0 Å². The number of hydrogen-bond acceptors (Lipinski definition) is 4. The molecule has 0 aromatic heterocycles. The van der Waals surface area contributed by atoms with Crippen molar-refractivity contribution in [2.45, 2.75) is 51.0 Å². The summed E-state index contributed by atoms with van der Waals surface area (Å²) in [4.78, 5) is 0. The lowest BCUT2D eigenvalue weighted by molar-refractivity contribution is 0.125. The zero-order chi connectivity index (χ0) is 20.1. The molecule has 0 heterocycles. The second kappa shape index (κ2) is 8.91. The maximum atomic E-state index is 10.2. The summed E-state index contributed by atoms with van der Waals surface area (Å²) in [6, 6.07) is 17.6. The van der Waals surface area contributed by atoms with Crippen LogP contribution in [0.5, 0.6) is 5.75 Å². The van der Waals surface area contributed by atoms with Gasteiger partial charge in [-0.15, -0.1) is 0 Å². The Hall–Kier alpha value is -1.82. The summed E-state index contributed by atoms with van der Waals surface area (Å²) in [5.41, 5.74) is 2.00. The van der Waals surface area contributed by atoms with Crippen molar-refractivity contribution in [1.29, 1.82) is 0 Å². The number of rotatable bonds is 8. The van der Waals surface area contributed by atoms with Crippen molar-refractivity contribution in [3.63, 3.8) is 0 Å². The molecule has 2 atom stereocenters. The predicted octanol–water partition coefficient (Wildman–Crippen LogP) is 5.23. The standard InChI is InChI=1S/C22H33NO3Si/c1-22(2,3)27(5,6)26-21(17-10-8-7-9-11-17)20(16-24)23-18-12-14-19(25-4)15-13-18/h7-15,20-21,23-24H,16H2,1-6H3/t20-,21-/m1/s1. The van der Waals surface area contributed by atoms with Crippen LogP contribution in [0.2, 0.25) is 18.1 Å². The van der Waals surface area contributed by atoms with Gasteiger partial charge in [0.05, 0.1) is 25.9 Å². The van der Waals surface area contributed by atoms with Crippen molar-refractivity contribution in [3.05, 3.63) is 60.2 Å². The molecule has 2 aromatic rings. The van der Waals surface area contributed by atoms with Crippen molar-refractivity contribution in [2.24, 2.45) is 0 Å². The number of aliphatic hydroxyl groups excluding tert-OH is 1. The van der Waals surface area contributed by atoms with E-state index >= 15 is 0 Å². The fraction of sp³-hybridized carbons (Fsp3) is 0.455. The molecular weight excluding hydrogens is 354 g/mol. The summed E-state index contributed by atoms with van der Waals surface area (Å²) < 4.78 is 12.0. The quantitative estimate of drug-likeness (QED) is 0.609. The third kappa shape index (κ3) is 5.58. The van der Waals surface area contributed by atoms with Gasteiger partial charge in [-0.25, -0.2) is 0 Å². The highest BCUT2D eigenvalue weighted by Gasteiger charge is 2.41. The Kier molecular flexibility index (Phi) is 7.09. The van der Waals surface area contributed by atoms with E-state index in [-0.39, 0.29) is 23.8 Å². The molecule has 0 fully saturated rings. The first-order valence-corrected chi connectivity index (χ1v) is 12.3. The molecule has 0 aliphatic rings. The van der Waals surface area contributed by atoms with Crippen LogP contribution < -0.4 is 10.1 Å². The van der Waals surface area contributed by atoms with Gasteiger partial charge in [-0.1, -0.05) is 51.1 Å². The van der Waals surface area contributed by atoms with E-state index in [0.29, 0.717) is 0 Å². The maximum Gasteiger partial charge on any atom is 0.193 e. The molecule has 2 rings (SSSR count). The van der Waals surface area contributed by atoms with Gasteiger partial charge in [0.15, 0.2) is 8.32 Å². The highest BCUT2D eigenvalue weighted by molar-refractivity contribution is 6.74. The third-order valence-corrected chi connectivity index (χ3v) is 9.82. The van der Waals surface area contributed by atoms with Crippen LogP contribution >= 0.6 is 0 Å². The topological polar surface area (TPSA) is 50.7 Å². The minimum atomic E-state index is -2.03. The second-order valence-electron chi connectivity index (χ2n) is 8.37. The number of methoxy groups -OCH3 is 1. The van der Waals surface area contributed by atoms with E-state index in [1.54, 1.807) is 7.11 Å². The van der Waals surface area contributed by atoms with Gasteiger partial charge < -0.3 is 19.6 Å². The molecule has 0 bridgehead atoms. The van der Waals surface area contributed by atoms with Gasteiger partial charge in [-0.3, -0.25) is 0 Å². The summed E-state index contributed by atoms with van der Waals surface area (Å²) in [5.74, 6) is 0.804. The number of nitrogens with one attached hydrogen (secondary N) is 1. The molecule has 27 heavy (non-hydrogen) atoms. The Morgan fingerprint density at radius 2 is 1.59 bits per heavy atom. The van der Waals surface area contributed by atoms with Crippen LogP contribution in [-0.4, -0.2) is 33.2 Å². The lowest BCUT2D eigenvalue weighted by Crippen LogP contribution is -2.46. The summed E-state index contributed by atoms with van der Waals surface area (Å²) in [7, 11) is -0.383. The number of ether oxygens (including phenoxy) is 1. The van der Waals surface area contributed by atoms with Gasteiger partial charge in [0.25, 0.3) is 0 Å². The smallest absolute Gasteiger partial charge is 0.193 e. The molecule has 5 heteroatoms. The highest BCUT2D eigenvalue weighted by atomic mass is 28.4. The first kappa shape index (κ1) is 21.5. The van der Waals surface area contributed by atoms with E-state index in [1.165, 1.54) is 0 Å². The van der Waals surface area contributed by atoms with E-state index in [4.69, 9.17) is 9.16 Å². The van der Waals surface area contributed by atoms with Crippen molar-refractivity contribution in [2.75, 3.05) is 19.0 Å². The molecule has 0 aliphatic heterocycles. The van der Waals surface area contributed by atoms with E-state index < -0.39 is 8.32 Å². The Balaban J connectivity index is 2.31. The Morgan fingerprint density at radius 1 is 1.00 bits per heavy atom. The van der Waals surface area contributed by atoms with Gasteiger partial charge in [0.2, 0.25) is 0 Å². The first-order chi connectivity index (χ1) is 12.7. The van der Waals surface area contributed by atoms with Crippen molar-refractivity contribution in [3.8, 4) is 5.75 Å². The molecule has 0 saturated carbocycles. The average Bonchev–Trinajstić information content (AvgIpc) is 2.64. The highest BCUT2D eigenvalue weighted by Crippen LogP contribution is 2.41. The fourth-order valence-corrected chi connectivity index (χ4v) is 3.93. The van der Waals surface area contributed by atoms with Crippen LogP contribution in [0.1, 0.15) is 32.4 Å². The van der Waals surface area contributed by atoms with E-state index in [2.05, 4.69) is 51.3 Å². The lowest BCUT2D eigenvalue weighted by atomic mass is 10.0. The Bertz CT molecular complexity index is 696. The number of hydrogen-bond donors (Lipinski definition) is 2. The first-order valence-electron chi connectivity index (χ1n) is 9.42. The predicted molar refractivity (Wildman–Crippen MR) is 115 cm³/mol. The minimum Gasteiger partial charge on any atom is -0.497 e. The van der Waals surface area contributed by atoms with E-state index in [9.17, 15) is 5.11 Å². The van der Waals surface area contributed by atoms with Gasteiger partial charge >= 0.3 is 0 Å². The maximum absolute atomic E-state index is 10.2. The molecule has 2 aromatic carbocycles. The molecule has 0 saturated heterocycles. The van der Waals surface area contributed by atoms with Crippen molar-refractivity contribution < 1.29 is 14.3 Å². The molecule has 2 N–H and O–H groups in total. The van der Waals surface area contributed by atoms with E-state index in [1.807, 2.05) is 42.5 Å².